The molecule has 2 aromatic carbocycles. The minimum atomic E-state index is 0.284. The molecule has 0 unspecified atom stereocenters. The Morgan fingerprint density at radius 3 is 2.75 bits per heavy atom. The van der Waals surface area contributed by atoms with E-state index in [0.29, 0.717) is 0 Å². The van der Waals surface area contributed by atoms with Gasteiger partial charge in [0.15, 0.2) is 23.0 Å². The van der Waals surface area contributed by atoms with E-state index >= 15 is 0 Å². The molecule has 0 aliphatic carbocycles. The second-order valence-corrected chi connectivity index (χ2v) is 7.19. The van der Waals surface area contributed by atoms with Gasteiger partial charge in [-0.25, -0.2) is 4.98 Å². The number of hydrogen-bond acceptors (Lipinski definition) is 7. The Balaban J connectivity index is 1.30. The van der Waals surface area contributed by atoms with Crippen LogP contribution in [-0.4, -0.2) is 32.5 Å². The van der Waals surface area contributed by atoms with E-state index in [-0.39, 0.29) is 6.79 Å². The number of aromatic nitrogens is 1. The Kier molecular flexibility index (Phi) is 5.64. The van der Waals surface area contributed by atoms with Crippen LogP contribution < -0.4 is 24.3 Å². The van der Waals surface area contributed by atoms with Crippen molar-refractivity contribution in [2.75, 3.05) is 27.6 Å². The van der Waals surface area contributed by atoms with Gasteiger partial charge in [-0.3, -0.25) is 0 Å². The summed E-state index contributed by atoms with van der Waals surface area (Å²) in [5.74, 6) is 3.07. The van der Waals surface area contributed by atoms with Crippen molar-refractivity contribution in [1.82, 2.24) is 10.3 Å². The number of rotatable bonds is 8. The SMILES string of the molecule is COc1ccc(CCNCc2csc(-c3ccc4c(c3)OCO4)n2)cc1OC. The Morgan fingerprint density at radius 2 is 1.89 bits per heavy atom. The highest BCUT2D eigenvalue weighted by Gasteiger charge is 2.15. The molecule has 0 saturated carbocycles. The van der Waals surface area contributed by atoms with Crippen molar-refractivity contribution in [3.05, 3.63) is 53.0 Å². The lowest BCUT2D eigenvalue weighted by Gasteiger charge is -2.09. The summed E-state index contributed by atoms with van der Waals surface area (Å²) in [6, 6.07) is 11.9. The number of nitrogens with zero attached hydrogens (tertiary/aromatic N) is 1. The molecule has 28 heavy (non-hydrogen) atoms. The first-order valence-corrected chi connectivity index (χ1v) is 9.91. The lowest BCUT2D eigenvalue weighted by Crippen LogP contribution is -2.16. The van der Waals surface area contributed by atoms with Crippen LogP contribution >= 0.6 is 11.3 Å². The summed E-state index contributed by atoms with van der Waals surface area (Å²) in [4.78, 5) is 4.72. The molecule has 6 nitrogen and oxygen atoms in total. The van der Waals surface area contributed by atoms with Crippen LogP contribution in [0.3, 0.4) is 0 Å². The molecule has 2 heterocycles. The molecular weight excluding hydrogens is 376 g/mol. The maximum Gasteiger partial charge on any atom is 0.231 e. The van der Waals surface area contributed by atoms with E-state index in [1.54, 1.807) is 25.6 Å². The summed E-state index contributed by atoms with van der Waals surface area (Å²) in [7, 11) is 3.30. The van der Waals surface area contributed by atoms with Crippen LogP contribution in [0.15, 0.2) is 41.8 Å². The highest BCUT2D eigenvalue weighted by molar-refractivity contribution is 7.13. The monoisotopic (exact) mass is 398 g/mol. The number of nitrogens with one attached hydrogen (secondary N) is 1. The van der Waals surface area contributed by atoms with Crippen LogP contribution in [-0.2, 0) is 13.0 Å². The first kappa shape index (κ1) is 18.6. The second kappa shape index (κ2) is 8.50. The van der Waals surface area contributed by atoms with Crippen molar-refractivity contribution in [2.24, 2.45) is 0 Å². The molecular formula is C21H22N2O4S. The van der Waals surface area contributed by atoms with Crippen molar-refractivity contribution in [3.8, 4) is 33.6 Å². The Labute approximate surface area is 168 Å². The van der Waals surface area contributed by atoms with Crippen molar-refractivity contribution in [3.63, 3.8) is 0 Å². The Hall–Kier alpha value is -2.77. The summed E-state index contributed by atoms with van der Waals surface area (Å²) in [5, 5.41) is 6.52. The maximum absolute atomic E-state index is 5.45. The van der Waals surface area contributed by atoms with Gasteiger partial charge in [0.25, 0.3) is 0 Å². The summed E-state index contributed by atoms with van der Waals surface area (Å²) in [6.45, 7) is 1.87. The Morgan fingerprint density at radius 1 is 1.04 bits per heavy atom. The zero-order valence-corrected chi connectivity index (χ0v) is 16.7. The van der Waals surface area contributed by atoms with Crippen molar-refractivity contribution < 1.29 is 18.9 Å². The fraction of sp³-hybridized carbons (Fsp3) is 0.286. The zero-order valence-electron chi connectivity index (χ0n) is 15.9. The molecule has 0 atom stereocenters. The summed E-state index contributed by atoms with van der Waals surface area (Å²) >= 11 is 1.63. The summed E-state index contributed by atoms with van der Waals surface area (Å²) in [5.41, 5.74) is 3.28. The normalized spacial score (nSPS) is 12.2. The van der Waals surface area contributed by atoms with E-state index in [2.05, 4.69) is 16.8 Å². The number of fused-ring (bicyclic) bond motifs is 1. The quantitative estimate of drug-likeness (QED) is 0.581. The standard InChI is InChI=1S/C21H22N2O4S/c1-24-17-5-3-14(9-19(17)25-2)7-8-22-11-16-12-28-21(23-16)15-4-6-18-20(10-15)27-13-26-18/h3-6,9-10,12,22H,7-8,11,13H2,1-2H3. The molecule has 7 heteroatoms. The lowest BCUT2D eigenvalue weighted by molar-refractivity contribution is 0.174. The van der Waals surface area contributed by atoms with Crippen molar-refractivity contribution in [2.45, 2.75) is 13.0 Å². The predicted molar refractivity (Wildman–Crippen MR) is 109 cm³/mol. The summed E-state index contributed by atoms with van der Waals surface area (Å²) in [6.07, 6.45) is 0.902. The van der Waals surface area contributed by atoms with Gasteiger partial charge in [0.05, 0.1) is 19.9 Å². The first-order valence-electron chi connectivity index (χ1n) is 9.03. The molecule has 4 rings (SSSR count). The zero-order chi connectivity index (χ0) is 19.3. The number of methoxy groups -OCH3 is 2. The number of hydrogen-bond donors (Lipinski definition) is 1. The van der Waals surface area contributed by atoms with Gasteiger partial charge < -0.3 is 24.3 Å². The predicted octanol–water partition coefficient (Wildman–Crippen LogP) is 3.89. The van der Waals surface area contributed by atoms with Gasteiger partial charge >= 0.3 is 0 Å². The van der Waals surface area contributed by atoms with Gasteiger partial charge in [-0.05, 0) is 48.9 Å². The molecule has 3 aromatic rings. The first-order chi connectivity index (χ1) is 13.8. The molecule has 1 aromatic heterocycles. The van der Waals surface area contributed by atoms with Gasteiger partial charge in [0, 0.05) is 17.5 Å². The van der Waals surface area contributed by atoms with Gasteiger partial charge in [-0.1, -0.05) is 6.07 Å². The molecule has 0 saturated heterocycles. The molecule has 0 bridgehead atoms. The molecule has 0 spiro atoms. The molecule has 1 N–H and O–H groups in total. The van der Waals surface area contributed by atoms with Crippen molar-refractivity contribution >= 4 is 11.3 Å². The topological polar surface area (TPSA) is 61.8 Å². The van der Waals surface area contributed by atoms with E-state index in [9.17, 15) is 0 Å². The van der Waals surface area contributed by atoms with Crippen LogP contribution in [0, 0.1) is 0 Å². The lowest BCUT2D eigenvalue weighted by atomic mass is 10.1. The van der Waals surface area contributed by atoms with E-state index in [1.807, 2.05) is 30.3 Å². The fourth-order valence-electron chi connectivity index (χ4n) is 3.04. The second-order valence-electron chi connectivity index (χ2n) is 6.33. The molecule has 146 valence electrons. The van der Waals surface area contributed by atoms with Crippen LogP contribution in [0.5, 0.6) is 23.0 Å². The average Bonchev–Trinajstić information content (AvgIpc) is 3.39. The highest BCUT2D eigenvalue weighted by atomic mass is 32.1. The van der Waals surface area contributed by atoms with E-state index in [0.717, 1.165) is 58.8 Å². The highest BCUT2D eigenvalue weighted by Crippen LogP contribution is 2.36. The smallest absolute Gasteiger partial charge is 0.231 e. The molecule has 0 fully saturated rings. The minimum Gasteiger partial charge on any atom is -0.493 e. The number of ether oxygens (including phenoxy) is 4. The third-order valence-electron chi connectivity index (χ3n) is 4.52. The summed E-state index contributed by atoms with van der Waals surface area (Å²) < 4.78 is 21.4. The third-order valence-corrected chi connectivity index (χ3v) is 5.46. The number of benzene rings is 2. The van der Waals surface area contributed by atoms with Gasteiger partial charge in [0.1, 0.15) is 5.01 Å². The molecule has 0 amide bonds. The van der Waals surface area contributed by atoms with Crippen LogP contribution in [0.25, 0.3) is 10.6 Å². The van der Waals surface area contributed by atoms with Gasteiger partial charge in [-0.15, -0.1) is 11.3 Å². The van der Waals surface area contributed by atoms with E-state index in [1.165, 1.54) is 5.56 Å². The fourth-order valence-corrected chi connectivity index (χ4v) is 3.85. The Bertz CT molecular complexity index is 957. The largest absolute Gasteiger partial charge is 0.493 e. The molecule has 1 aliphatic rings. The van der Waals surface area contributed by atoms with Gasteiger partial charge in [0.2, 0.25) is 6.79 Å². The van der Waals surface area contributed by atoms with E-state index in [4.69, 9.17) is 23.9 Å². The van der Waals surface area contributed by atoms with E-state index < -0.39 is 0 Å². The minimum absolute atomic E-state index is 0.284. The van der Waals surface area contributed by atoms with Crippen molar-refractivity contribution in [1.29, 1.82) is 0 Å². The van der Waals surface area contributed by atoms with Crippen LogP contribution in [0.4, 0.5) is 0 Å². The third kappa shape index (κ3) is 4.05. The average molecular weight is 398 g/mol. The molecule has 1 aliphatic heterocycles. The maximum atomic E-state index is 5.45. The molecule has 0 radical (unpaired) electrons. The van der Waals surface area contributed by atoms with Crippen LogP contribution in [0.2, 0.25) is 0 Å². The number of thiazole rings is 1. The van der Waals surface area contributed by atoms with Gasteiger partial charge in [-0.2, -0.15) is 0 Å². The van der Waals surface area contributed by atoms with Crippen LogP contribution in [0.1, 0.15) is 11.3 Å².